The van der Waals surface area contributed by atoms with Crippen LogP contribution in [0, 0.1) is 18.3 Å². The summed E-state index contributed by atoms with van der Waals surface area (Å²) in [7, 11) is 1.63. The molecule has 1 atom stereocenters. The summed E-state index contributed by atoms with van der Waals surface area (Å²) in [5.74, 6) is 0.801. The summed E-state index contributed by atoms with van der Waals surface area (Å²) in [4.78, 5) is 0. The van der Waals surface area contributed by atoms with Gasteiger partial charge in [0.15, 0.2) is 0 Å². The summed E-state index contributed by atoms with van der Waals surface area (Å²) in [6, 6.07) is 17.4. The van der Waals surface area contributed by atoms with Crippen molar-refractivity contribution in [1.82, 2.24) is 0 Å². The van der Waals surface area contributed by atoms with Crippen LogP contribution >= 0.6 is 0 Å². The number of ether oxygens (including phenoxy) is 1. The molecule has 3 nitrogen and oxygen atoms in total. The summed E-state index contributed by atoms with van der Waals surface area (Å²) < 4.78 is 5.11. The third kappa shape index (κ3) is 3.05. The molecule has 0 bridgehead atoms. The van der Waals surface area contributed by atoms with Crippen LogP contribution in [-0.2, 0) is 0 Å². The van der Waals surface area contributed by atoms with Gasteiger partial charge < -0.3 is 10.1 Å². The Morgan fingerprint density at radius 3 is 2.37 bits per heavy atom. The minimum Gasteiger partial charge on any atom is -0.497 e. The van der Waals surface area contributed by atoms with E-state index < -0.39 is 0 Å². The normalized spacial score (nSPS) is 11.4. The second kappa shape index (κ2) is 5.92. The molecule has 0 heterocycles. The fourth-order valence-corrected chi connectivity index (χ4v) is 1.94. The van der Waals surface area contributed by atoms with E-state index in [-0.39, 0.29) is 6.04 Å². The second-order valence-corrected chi connectivity index (χ2v) is 4.29. The number of nitriles is 1. The molecule has 2 rings (SSSR count). The zero-order valence-corrected chi connectivity index (χ0v) is 11.1. The van der Waals surface area contributed by atoms with E-state index in [1.54, 1.807) is 7.11 Å². The van der Waals surface area contributed by atoms with Crippen molar-refractivity contribution in [2.24, 2.45) is 0 Å². The molecule has 0 amide bonds. The predicted molar refractivity (Wildman–Crippen MR) is 76.1 cm³/mol. The minimum atomic E-state index is -0.352. The molecule has 2 aromatic rings. The number of aryl methyl sites for hydroxylation is 1. The number of nitrogens with zero attached hydrogens (tertiary/aromatic N) is 1. The number of hydrogen-bond acceptors (Lipinski definition) is 3. The maximum Gasteiger partial charge on any atom is 0.140 e. The number of benzene rings is 2. The third-order valence-corrected chi connectivity index (χ3v) is 3.03. The van der Waals surface area contributed by atoms with E-state index in [0.717, 1.165) is 22.6 Å². The van der Waals surface area contributed by atoms with E-state index in [1.807, 2.05) is 55.5 Å². The van der Waals surface area contributed by atoms with Crippen LogP contribution in [0.15, 0.2) is 48.5 Å². The zero-order chi connectivity index (χ0) is 13.7. The van der Waals surface area contributed by atoms with Gasteiger partial charge in [-0.25, -0.2) is 0 Å². The molecule has 0 saturated heterocycles. The molecule has 19 heavy (non-hydrogen) atoms. The summed E-state index contributed by atoms with van der Waals surface area (Å²) in [5, 5.41) is 12.5. The average Bonchev–Trinajstić information content (AvgIpc) is 2.46. The molecule has 3 heteroatoms. The van der Waals surface area contributed by atoms with Crippen LogP contribution in [0.1, 0.15) is 17.2 Å². The van der Waals surface area contributed by atoms with Crippen LogP contribution < -0.4 is 10.1 Å². The van der Waals surface area contributed by atoms with E-state index in [4.69, 9.17) is 4.74 Å². The Labute approximate surface area is 113 Å². The van der Waals surface area contributed by atoms with E-state index in [0.29, 0.717) is 0 Å². The van der Waals surface area contributed by atoms with E-state index >= 15 is 0 Å². The molecule has 2 aromatic carbocycles. The molecule has 0 aliphatic carbocycles. The Morgan fingerprint density at radius 1 is 1.11 bits per heavy atom. The Balaban J connectivity index is 2.20. The van der Waals surface area contributed by atoms with Crippen LogP contribution in [0.4, 0.5) is 5.69 Å². The molecule has 0 radical (unpaired) electrons. The van der Waals surface area contributed by atoms with Gasteiger partial charge in [0.1, 0.15) is 11.8 Å². The lowest BCUT2D eigenvalue weighted by Gasteiger charge is -2.15. The fraction of sp³-hybridized carbons (Fsp3) is 0.188. The largest absolute Gasteiger partial charge is 0.497 e. The van der Waals surface area contributed by atoms with Gasteiger partial charge in [0.25, 0.3) is 0 Å². The highest BCUT2D eigenvalue weighted by Gasteiger charge is 2.12. The Bertz CT molecular complexity index is 584. The second-order valence-electron chi connectivity index (χ2n) is 4.29. The summed E-state index contributed by atoms with van der Waals surface area (Å²) >= 11 is 0. The maximum atomic E-state index is 9.33. The van der Waals surface area contributed by atoms with Crippen LogP contribution in [-0.4, -0.2) is 7.11 Å². The number of rotatable bonds is 4. The first-order chi connectivity index (χ1) is 9.24. The lowest BCUT2D eigenvalue weighted by Crippen LogP contribution is -2.09. The van der Waals surface area contributed by atoms with E-state index in [9.17, 15) is 5.26 Å². The smallest absolute Gasteiger partial charge is 0.140 e. The number of anilines is 1. The van der Waals surface area contributed by atoms with Crippen molar-refractivity contribution in [2.45, 2.75) is 13.0 Å². The van der Waals surface area contributed by atoms with Crippen molar-refractivity contribution in [3.05, 3.63) is 59.7 Å². The van der Waals surface area contributed by atoms with Crippen LogP contribution in [0.25, 0.3) is 0 Å². The highest BCUT2D eigenvalue weighted by Crippen LogP contribution is 2.23. The zero-order valence-electron chi connectivity index (χ0n) is 11.1. The molecule has 0 aromatic heterocycles. The summed E-state index contributed by atoms with van der Waals surface area (Å²) in [6.07, 6.45) is 0. The van der Waals surface area contributed by atoms with Crippen molar-refractivity contribution in [3.8, 4) is 11.8 Å². The van der Waals surface area contributed by atoms with Crippen molar-refractivity contribution < 1.29 is 4.74 Å². The predicted octanol–water partition coefficient (Wildman–Crippen LogP) is 3.68. The lowest BCUT2D eigenvalue weighted by atomic mass is 10.0. The quantitative estimate of drug-likeness (QED) is 0.902. The number of methoxy groups -OCH3 is 1. The van der Waals surface area contributed by atoms with Gasteiger partial charge in [-0.05, 0) is 42.3 Å². The molecular formula is C16H16N2O. The summed E-state index contributed by atoms with van der Waals surface area (Å²) in [5.41, 5.74) is 3.01. The van der Waals surface area contributed by atoms with Gasteiger partial charge in [0.2, 0.25) is 0 Å². The first-order valence-corrected chi connectivity index (χ1v) is 6.10. The Hall–Kier alpha value is -2.47. The van der Waals surface area contributed by atoms with Crippen molar-refractivity contribution in [1.29, 1.82) is 5.26 Å². The molecule has 1 unspecified atom stereocenters. The number of hydrogen-bond donors (Lipinski definition) is 1. The van der Waals surface area contributed by atoms with Crippen LogP contribution in [0.2, 0.25) is 0 Å². The SMILES string of the molecule is COc1ccc(NC(C#N)c2ccccc2C)cc1. The van der Waals surface area contributed by atoms with E-state index in [1.165, 1.54) is 0 Å². The lowest BCUT2D eigenvalue weighted by molar-refractivity contribution is 0.415. The molecule has 96 valence electrons. The first kappa shape index (κ1) is 13.0. The highest BCUT2D eigenvalue weighted by atomic mass is 16.5. The Morgan fingerprint density at radius 2 is 1.79 bits per heavy atom. The molecular weight excluding hydrogens is 236 g/mol. The molecule has 0 fully saturated rings. The first-order valence-electron chi connectivity index (χ1n) is 6.10. The van der Waals surface area contributed by atoms with Crippen molar-refractivity contribution >= 4 is 5.69 Å². The Kier molecular flexibility index (Phi) is 4.04. The van der Waals surface area contributed by atoms with Gasteiger partial charge in [0.05, 0.1) is 13.2 Å². The van der Waals surface area contributed by atoms with Crippen molar-refractivity contribution in [3.63, 3.8) is 0 Å². The highest BCUT2D eigenvalue weighted by molar-refractivity contribution is 5.50. The third-order valence-electron chi connectivity index (χ3n) is 3.03. The molecule has 0 aliphatic heterocycles. The monoisotopic (exact) mass is 252 g/mol. The molecule has 0 spiro atoms. The van der Waals surface area contributed by atoms with E-state index in [2.05, 4.69) is 11.4 Å². The van der Waals surface area contributed by atoms with Gasteiger partial charge in [-0.2, -0.15) is 5.26 Å². The minimum absolute atomic E-state index is 0.352. The molecule has 0 aliphatic rings. The van der Waals surface area contributed by atoms with Crippen LogP contribution in [0.5, 0.6) is 5.75 Å². The van der Waals surface area contributed by atoms with Gasteiger partial charge in [-0.1, -0.05) is 24.3 Å². The molecule has 0 saturated carbocycles. The van der Waals surface area contributed by atoms with Crippen molar-refractivity contribution in [2.75, 3.05) is 12.4 Å². The van der Waals surface area contributed by atoms with Gasteiger partial charge >= 0.3 is 0 Å². The van der Waals surface area contributed by atoms with Crippen LogP contribution in [0.3, 0.4) is 0 Å². The van der Waals surface area contributed by atoms with Gasteiger partial charge in [-0.15, -0.1) is 0 Å². The average molecular weight is 252 g/mol. The summed E-state index contributed by atoms with van der Waals surface area (Å²) in [6.45, 7) is 2.01. The number of nitrogens with one attached hydrogen (secondary N) is 1. The maximum absolute atomic E-state index is 9.33. The molecule has 1 N–H and O–H groups in total. The van der Waals surface area contributed by atoms with Gasteiger partial charge in [-0.3, -0.25) is 0 Å². The van der Waals surface area contributed by atoms with Gasteiger partial charge in [0, 0.05) is 5.69 Å². The standard InChI is InChI=1S/C16H16N2O/c1-12-5-3-4-6-15(12)16(11-17)18-13-7-9-14(19-2)10-8-13/h3-10,16,18H,1-2H3. The topological polar surface area (TPSA) is 45.0 Å². The fourth-order valence-electron chi connectivity index (χ4n) is 1.94.